The molecule has 0 heterocycles. The Balaban J connectivity index is 2.38. The van der Waals surface area contributed by atoms with E-state index >= 15 is 0 Å². The molecule has 0 aromatic carbocycles. The molecule has 2 amide bonds. The average Bonchev–Trinajstić information content (AvgIpc) is 2.93. The number of carbonyl (C=O) groups excluding carboxylic acids is 3. The standard InChI is InChI=1S/C10H16N2O3/c1-6(13)2-5-8(9(11)14)12-10(15)7-3-4-7/h7-8H,2-5H2,1H3,(H2,11,14)(H,12,15)/t8-/m0/s1. The summed E-state index contributed by atoms with van der Waals surface area (Å²) in [5.41, 5.74) is 5.13. The van der Waals surface area contributed by atoms with Crippen molar-refractivity contribution in [1.29, 1.82) is 0 Å². The molecule has 0 radical (unpaired) electrons. The van der Waals surface area contributed by atoms with Gasteiger partial charge in [-0.05, 0) is 26.2 Å². The molecule has 1 rings (SSSR count). The molecule has 84 valence electrons. The lowest BCUT2D eigenvalue weighted by molar-refractivity contribution is -0.128. The first-order valence-corrected chi connectivity index (χ1v) is 5.10. The van der Waals surface area contributed by atoms with Crippen LogP contribution in [0.15, 0.2) is 0 Å². The molecule has 1 atom stereocenters. The monoisotopic (exact) mass is 212 g/mol. The highest BCUT2D eigenvalue weighted by molar-refractivity contribution is 5.89. The number of nitrogens with two attached hydrogens (primary N) is 1. The third-order valence-corrected chi connectivity index (χ3v) is 2.39. The molecule has 0 aromatic rings. The molecular weight excluding hydrogens is 196 g/mol. The van der Waals surface area contributed by atoms with Crippen molar-refractivity contribution in [3.05, 3.63) is 0 Å². The van der Waals surface area contributed by atoms with Gasteiger partial charge < -0.3 is 15.8 Å². The van der Waals surface area contributed by atoms with Crippen LogP contribution in [-0.4, -0.2) is 23.6 Å². The van der Waals surface area contributed by atoms with E-state index < -0.39 is 11.9 Å². The molecule has 1 saturated carbocycles. The van der Waals surface area contributed by atoms with Gasteiger partial charge in [-0.25, -0.2) is 0 Å². The fourth-order valence-electron chi connectivity index (χ4n) is 1.27. The summed E-state index contributed by atoms with van der Waals surface area (Å²) in [5, 5.41) is 2.57. The van der Waals surface area contributed by atoms with Gasteiger partial charge in [-0.1, -0.05) is 0 Å². The smallest absolute Gasteiger partial charge is 0.240 e. The second-order valence-electron chi connectivity index (χ2n) is 3.98. The lowest BCUT2D eigenvalue weighted by Crippen LogP contribution is -2.45. The van der Waals surface area contributed by atoms with Crippen LogP contribution < -0.4 is 11.1 Å². The van der Waals surface area contributed by atoms with Crippen molar-refractivity contribution < 1.29 is 14.4 Å². The highest BCUT2D eigenvalue weighted by Gasteiger charge is 2.31. The summed E-state index contributed by atoms with van der Waals surface area (Å²) < 4.78 is 0. The lowest BCUT2D eigenvalue weighted by atomic mass is 10.1. The molecule has 0 aromatic heterocycles. The normalized spacial score (nSPS) is 16.9. The van der Waals surface area contributed by atoms with Crippen LogP contribution in [0.25, 0.3) is 0 Å². The first-order valence-electron chi connectivity index (χ1n) is 5.10. The van der Waals surface area contributed by atoms with Gasteiger partial charge in [-0.15, -0.1) is 0 Å². The van der Waals surface area contributed by atoms with E-state index in [1.165, 1.54) is 6.92 Å². The van der Waals surface area contributed by atoms with Crippen LogP contribution in [0, 0.1) is 5.92 Å². The molecule has 5 heteroatoms. The van der Waals surface area contributed by atoms with Gasteiger partial charge in [-0.2, -0.15) is 0 Å². The number of rotatable bonds is 6. The van der Waals surface area contributed by atoms with Crippen LogP contribution in [0.3, 0.4) is 0 Å². The Morgan fingerprint density at radius 1 is 1.40 bits per heavy atom. The van der Waals surface area contributed by atoms with Crippen LogP contribution in [0.4, 0.5) is 0 Å². The molecule has 0 unspecified atom stereocenters. The van der Waals surface area contributed by atoms with Crippen molar-refractivity contribution >= 4 is 17.6 Å². The van der Waals surface area contributed by atoms with Gasteiger partial charge in [0, 0.05) is 12.3 Å². The van der Waals surface area contributed by atoms with E-state index in [2.05, 4.69) is 5.32 Å². The summed E-state index contributed by atoms with van der Waals surface area (Å²) in [4.78, 5) is 33.1. The minimum absolute atomic E-state index is 0.0121. The number of nitrogens with one attached hydrogen (secondary N) is 1. The number of primary amides is 1. The minimum Gasteiger partial charge on any atom is -0.368 e. The third-order valence-electron chi connectivity index (χ3n) is 2.39. The zero-order valence-electron chi connectivity index (χ0n) is 8.79. The summed E-state index contributed by atoms with van der Waals surface area (Å²) in [6.45, 7) is 1.45. The molecule has 0 aliphatic heterocycles. The van der Waals surface area contributed by atoms with Gasteiger partial charge in [0.05, 0.1) is 0 Å². The fourth-order valence-corrected chi connectivity index (χ4v) is 1.27. The van der Waals surface area contributed by atoms with E-state index in [4.69, 9.17) is 5.73 Å². The van der Waals surface area contributed by atoms with Crippen molar-refractivity contribution in [3.8, 4) is 0 Å². The molecule has 15 heavy (non-hydrogen) atoms. The van der Waals surface area contributed by atoms with E-state index in [-0.39, 0.29) is 24.0 Å². The first-order chi connectivity index (χ1) is 7.00. The molecule has 1 fully saturated rings. The Labute approximate surface area is 88.4 Å². The Bertz CT molecular complexity index is 284. The van der Waals surface area contributed by atoms with E-state index in [1.54, 1.807) is 0 Å². The second kappa shape index (κ2) is 4.91. The third kappa shape index (κ3) is 4.10. The maximum Gasteiger partial charge on any atom is 0.240 e. The summed E-state index contributed by atoms with van der Waals surface area (Å²) >= 11 is 0. The largest absolute Gasteiger partial charge is 0.368 e. The highest BCUT2D eigenvalue weighted by atomic mass is 16.2. The number of carbonyl (C=O) groups is 3. The van der Waals surface area contributed by atoms with Gasteiger partial charge >= 0.3 is 0 Å². The topological polar surface area (TPSA) is 89.3 Å². The fraction of sp³-hybridized carbons (Fsp3) is 0.700. The van der Waals surface area contributed by atoms with Crippen molar-refractivity contribution in [3.63, 3.8) is 0 Å². The predicted molar refractivity (Wildman–Crippen MR) is 53.8 cm³/mol. The predicted octanol–water partition coefficient (Wildman–Crippen LogP) is -0.264. The molecule has 3 N–H and O–H groups in total. The summed E-state index contributed by atoms with van der Waals surface area (Å²) in [6.07, 6.45) is 2.32. The van der Waals surface area contributed by atoms with Crippen LogP contribution >= 0.6 is 0 Å². The number of Topliss-reactive ketones (excluding diaryl/α,β-unsaturated/α-hetero) is 1. The van der Waals surface area contributed by atoms with Crippen LogP contribution in [-0.2, 0) is 14.4 Å². The van der Waals surface area contributed by atoms with Gasteiger partial charge in [0.2, 0.25) is 11.8 Å². The van der Waals surface area contributed by atoms with Crippen molar-refractivity contribution in [2.75, 3.05) is 0 Å². The molecule has 1 aliphatic carbocycles. The Morgan fingerprint density at radius 3 is 2.40 bits per heavy atom. The van der Waals surface area contributed by atoms with Crippen molar-refractivity contribution in [2.45, 2.75) is 38.6 Å². The van der Waals surface area contributed by atoms with Crippen LogP contribution in [0.1, 0.15) is 32.6 Å². The molecule has 5 nitrogen and oxygen atoms in total. The van der Waals surface area contributed by atoms with E-state index in [9.17, 15) is 14.4 Å². The quantitative estimate of drug-likeness (QED) is 0.635. The molecule has 0 bridgehead atoms. The number of amides is 2. The Morgan fingerprint density at radius 2 is 2.00 bits per heavy atom. The molecule has 1 aliphatic rings. The summed E-state index contributed by atoms with van der Waals surface area (Å²) in [7, 11) is 0. The molecule has 0 spiro atoms. The maximum atomic E-state index is 11.4. The second-order valence-corrected chi connectivity index (χ2v) is 3.98. The zero-order chi connectivity index (χ0) is 11.4. The van der Waals surface area contributed by atoms with E-state index in [1.807, 2.05) is 0 Å². The summed E-state index contributed by atoms with van der Waals surface area (Å²) in [5.74, 6) is -0.668. The summed E-state index contributed by atoms with van der Waals surface area (Å²) in [6, 6.07) is -0.706. The van der Waals surface area contributed by atoms with Gasteiger partial charge in [0.1, 0.15) is 11.8 Å². The van der Waals surface area contributed by atoms with Crippen LogP contribution in [0.5, 0.6) is 0 Å². The number of ketones is 1. The minimum atomic E-state index is -0.706. The number of hydrogen-bond acceptors (Lipinski definition) is 3. The Kier molecular flexibility index (Phi) is 3.82. The van der Waals surface area contributed by atoms with Gasteiger partial charge in [0.25, 0.3) is 0 Å². The van der Waals surface area contributed by atoms with E-state index in [0.717, 1.165) is 12.8 Å². The average molecular weight is 212 g/mol. The van der Waals surface area contributed by atoms with Gasteiger partial charge in [-0.3, -0.25) is 9.59 Å². The molecular formula is C10H16N2O3. The SMILES string of the molecule is CC(=O)CC[C@H](NC(=O)C1CC1)C(N)=O. The molecule has 0 saturated heterocycles. The van der Waals surface area contributed by atoms with Crippen molar-refractivity contribution in [2.24, 2.45) is 11.7 Å². The highest BCUT2D eigenvalue weighted by Crippen LogP contribution is 2.28. The van der Waals surface area contributed by atoms with E-state index in [0.29, 0.717) is 6.42 Å². The van der Waals surface area contributed by atoms with Gasteiger partial charge in [0.15, 0.2) is 0 Å². The van der Waals surface area contributed by atoms with Crippen molar-refractivity contribution in [1.82, 2.24) is 5.32 Å². The maximum absolute atomic E-state index is 11.4. The first kappa shape index (κ1) is 11.7. The lowest BCUT2D eigenvalue weighted by Gasteiger charge is -2.14. The zero-order valence-corrected chi connectivity index (χ0v) is 8.79. The number of hydrogen-bond donors (Lipinski definition) is 2. The Hall–Kier alpha value is -1.39. The van der Waals surface area contributed by atoms with Crippen LogP contribution in [0.2, 0.25) is 0 Å².